The van der Waals surface area contributed by atoms with Gasteiger partial charge < -0.3 is 9.16 Å². The van der Waals surface area contributed by atoms with Crippen molar-refractivity contribution in [3.05, 3.63) is 34.9 Å². The molecule has 0 aliphatic carbocycles. The predicted octanol–water partition coefficient (Wildman–Crippen LogP) is 4.58. The van der Waals surface area contributed by atoms with E-state index in [-0.39, 0.29) is 11.0 Å². The summed E-state index contributed by atoms with van der Waals surface area (Å²) in [6.45, 7) is 10.6. The number of rotatable bonds is 4. The highest BCUT2D eigenvalue weighted by Crippen LogP contribution is 2.40. The molecule has 0 aromatic heterocycles. The molecule has 0 saturated carbocycles. The van der Waals surface area contributed by atoms with Gasteiger partial charge in [-0.15, -0.1) is 0 Å². The molecule has 0 saturated heterocycles. The van der Waals surface area contributed by atoms with E-state index in [2.05, 4.69) is 33.9 Å². The maximum Gasteiger partial charge on any atom is 0.338 e. The summed E-state index contributed by atoms with van der Waals surface area (Å²) in [7, 11) is -0.702. The van der Waals surface area contributed by atoms with Crippen molar-refractivity contribution in [3.8, 4) is 0 Å². The first-order valence-electron chi connectivity index (χ1n) is 6.59. The van der Waals surface area contributed by atoms with Crippen LogP contribution < -0.4 is 0 Å². The number of halogens is 1. The Morgan fingerprint density at radius 1 is 1.20 bits per heavy atom. The first-order chi connectivity index (χ1) is 9.08. The van der Waals surface area contributed by atoms with Crippen LogP contribution in [0, 0.1) is 0 Å². The molecule has 1 aromatic carbocycles. The van der Waals surface area contributed by atoms with Crippen LogP contribution in [-0.4, -0.2) is 21.4 Å². The standard InChI is InChI=1S/C15H23ClO3Si/c1-15(2,3)20(5,6)19-13(14(17)18-4)11-7-9-12(16)10-8-11/h7-10,13H,1-6H3/t13-/m1/s1. The largest absolute Gasteiger partial charge is 0.467 e. The van der Waals surface area contributed by atoms with Gasteiger partial charge in [-0.05, 0) is 35.8 Å². The molecule has 1 atom stereocenters. The first-order valence-corrected chi connectivity index (χ1v) is 9.88. The summed E-state index contributed by atoms with van der Waals surface area (Å²) in [5.41, 5.74) is 0.770. The molecule has 0 radical (unpaired) electrons. The summed E-state index contributed by atoms with van der Waals surface area (Å²) in [6.07, 6.45) is -0.696. The van der Waals surface area contributed by atoms with Crippen molar-refractivity contribution in [3.63, 3.8) is 0 Å². The van der Waals surface area contributed by atoms with Crippen LogP contribution in [0.3, 0.4) is 0 Å². The molecule has 0 spiro atoms. The summed E-state index contributed by atoms with van der Waals surface area (Å²) in [5.74, 6) is -0.378. The number of hydrogen-bond donors (Lipinski definition) is 0. The molecule has 1 rings (SSSR count). The van der Waals surface area contributed by atoms with E-state index in [9.17, 15) is 4.79 Å². The maximum atomic E-state index is 12.0. The Hall–Kier alpha value is -0.843. The average Bonchev–Trinajstić information content (AvgIpc) is 2.35. The molecule has 5 heteroatoms. The Kier molecular flexibility index (Phi) is 5.41. The van der Waals surface area contributed by atoms with E-state index < -0.39 is 14.4 Å². The second-order valence-corrected chi connectivity index (χ2v) is 11.5. The number of carbonyl (C=O) groups excluding carboxylic acids is 1. The minimum absolute atomic E-state index is 0.0195. The molecule has 1 aromatic rings. The van der Waals surface area contributed by atoms with Gasteiger partial charge in [-0.1, -0.05) is 44.5 Å². The molecule has 3 nitrogen and oxygen atoms in total. The van der Waals surface area contributed by atoms with Gasteiger partial charge in [0, 0.05) is 5.02 Å². The Labute approximate surface area is 127 Å². The van der Waals surface area contributed by atoms with Crippen molar-refractivity contribution in [1.82, 2.24) is 0 Å². The molecule has 0 N–H and O–H groups in total. The summed E-state index contributed by atoms with van der Waals surface area (Å²) in [4.78, 5) is 12.0. The third kappa shape index (κ3) is 4.07. The van der Waals surface area contributed by atoms with Crippen molar-refractivity contribution in [2.75, 3.05) is 7.11 Å². The third-order valence-electron chi connectivity index (χ3n) is 3.81. The van der Waals surface area contributed by atoms with Crippen LogP contribution in [-0.2, 0) is 14.0 Å². The van der Waals surface area contributed by atoms with Gasteiger partial charge in [0.2, 0.25) is 0 Å². The van der Waals surface area contributed by atoms with Crippen molar-refractivity contribution in [2.24, 2.45) is 0 Å². The fourth-order valence-electron chi connectivity index (χ4n) is 1.47. The number of ether oxygens (including phenoxy) is 1. The molecular weight excluding hydrogens is 292 g/mol. The van der Waals surface area contributed by atoms with Crippen molar-refractivity contribution >= 4 is 25.9 Å². The number of benzene rings is 1. The first kappa shape index (κ1) is 17.2. The Bertz CT molecular complexity index is 463. The minimum Gasteiger partial charge on any atom is -0.467 e. The zero-order chi connectivity index (χ0) is 15.6. The van der Waals surface area contributed by atoms with Crippen LogP contribution in [0.1, 0.15) is 32.4 Å². The average molecular weight is 315 g/mol. The van der Waals surface area contributed by atoms with E-state index in [0.29, 0.717) is 5.02 Å². The molecule has 0 aliphatic heterocycles. The summed E-state index contributed by atoms with van der Waals surface area (Å²) in [6, 6.07) is 7.11. The molecule has 0 fully saturated rings. The zero-order valence-electron chi connectivity index (χ0n) is 13.0. The molecule has 0 unspecified atom stereocenters. The van der Waals surface area contributed by atoms with Crippen LogP contribution in [0.2, 0.25) is 23.2 Å². The van der Waals surface area contributed by atoms with E-state index in [0.717, 1.165) is 5.56 Å². The second-order valence-electron chi connectivity index (χ2n) is 6.33. The van der Waals surface area contributed by atoms with Crippen LogP contribution >= 0.6 is 11.6 Å². The number of hydrogen-bond acceptors (Lipinski definition) is 3. The lowest BCUT2D eigenvalue weighted by molar-refractivity contribution is -0.149. The molecule has 0 bridgehead atoms. The molecule has 112 valence electrons. The lowest BCUT2D eigenvalue weighted by Gasteiger charge is -2.38. The summed E-state index contributed by atoms with van der Waals surface area (Å²) in [5, 5.41) is 0.649. The monoisotopic (exact) mass is 314 g/mol. The Morgan fingerprint density at radius 2 is 1.70 bits per heavy atom. The lowest BCUT2D eigenvalue weighted by Crippen LogP contribution is -2.43. The van der Waals surface area contributed by atoms with Gasteiger partial charge in [-0.3, -0.25) is 0 Å². The van der Waals surface area contributed by atoms with Crippen LogP contribution in [0.4, 0.5) is 0 Å². The smallest absolute Gasteiger partial charge is 0.338 e. The number of carbonyl (C=O) groups is 1. The van der Waals surface area contributed by atoms with Crippen molar-refractivity contribution in [2.45, 2.75) is 45.0 Å². The highest BCUT2D eigenvalue weighted by atomic mass is 35.5. The molecule has 0 heterocycles. The van der Waals surface area contributed by atoms with Gasteiger partial charge in [-0.2, -0.15) is 0 Å². The molecule has 0 aliphatic rings. The van der Waals surface area contributed by atoms with Crippen molar-refractivity contribution < 1.29 is 14.0 Å². The lowest BCUT2D eigenvalue weighted by atomic mass is 10.1. The predicted molar refractivity (Wildman–Crippen MR) is 84.5 cm³/mol. The van der Waals surface area contributed by atoms with Gasteiger partial charge in [0.1, 0.15) is 0 Å². The van der Waals surface area contributed by atoms with Gasteiger partial charge in [0.25, 0.3) is 0 Å². The van der Waals surface area contributed by atoms with Crippen molar-refractivity contribution in [1.29, 1.82) is 0 Å². The second kappa shape index (κ2) is 6.29. The quantitative estimate of drug-likeness (QED) is 0.603. The SMILES string of the molecule is COC(=O)[C@H](O[Si](C)(C)C(C)(C)C)c1ccc(Cl)cc1. The van der Waals surface area contributed by atoms with Gasteiger partial charge in [-0.25, -0.2) is 4.79 Å². The molecule has 20 heavy (non-hydrogen) atoms. The van der Waals surface area contributed by atoms with E-state index in [4.69, 9.17) is 20.8 Å². The number of esters is 1. The highest BCUT2D eigenvalue weighted by molar-refractivity contribution is 6.74. The van der Waals surface area contributed by atoms with Crippen LogP contribution in [0.25, 0.3) is 0 Å². The van der Waals surface area contributed by atoms with E-state index >= 15 is 0 Å². The number of methoxy groups -OCH3 is 1. The minimum atomic E-state index is -2.08. The Morgan fingerprint density at radius 3 is 2.10 bits per heavy atom. The Balaban J connectivity index is 3.09. The fourth-order valence-corrected chi connectivity index (χ4v) is 2.77. The van der Waals surface area contributed by atoms with Gasteiger partial charge in [0.05, 0.1) is 7.11 Å². The summed E-state index contributed by atoms with van der Waals surface area (Å²) < 4.78 is 11.1. The highest BCUT2D eigenvalue weighted by Gasteiger charge is 2.41. The van der Waals surface area contributed by atoms with Gasteiger partial charge >= 0.3 is 5.97 Å². The zero-order valence-corrected chi connectivity index (χ0v) is 14.7. The summed E-state index contributed by atoms with van der Waals surface area (Å²) >= 11 is 5.89. The van der Waals surface area contributed by atoms with Crippen LogP contribution in [0.15, 0.2) is 24.3 Å². The van der Waals surface area contributed by atoms with E-state index in [1.165, 1.54) is 7.11 Å². The van der Waals surface area contributed by atoms with E-state index in [1.54, 1.807) is 24.3 Å². The van der Waals surface area contributed by atoms with Gasteiger partial charge in [0.15, 0.2) is 14.4 Å². The van der Waals surface area contributed by atoms with Crippen LogP contribution in [0.5, 0.6) is 0 Å². The third-order valence-corrected chi connectivity index (χ3v) is 8.50. The molecular formula is C15H23ClO3Si. The fraction of sp³-hybridized carbons (Fsp3) is 0.533. The maximum absolute atomic E-state index is 12.0. The molecule has 0 amide bonds. The van der Waals surface area contributed by atoms with E-state index in [1.807, 2.05) is 0 Å². The normalized spacial score (nSPS) is 13.9. The topological polar surface area (TPSA) is 35.5 Å².